The van der Waals surface area contributed by atoms with Crippen LogP contribution in [0, 0.1) is 19.7 Å². The predicted octanol–water partition coefficient (Wildman–Crippen LogP) is 5.01. The van der Waals surface area contributed by atoms with Gasteiger partial charge in [-0.15, -0.1) is 0 Å². The van der Waals surface area contributed by atoms with E-state index in [1.807, 2.05) is 13.0 Å². The number of nitrogens with one attached hydrogen (secondary N) is 1. The molecule has 1 unspecified atom stereocenters. The maximum absolute atomic E-state index is 13.9. The summed E-state index contributed by atoms with van der Waals surface area (Å²) in [5.41, 5.74) is 4.41. The molecule has 2 rings (SSSR count). The van der Waals surface area contributed by atoms with Crippen LogP contribution < -0.4 is 10.1 Å². The van der Waals surface area contributed by atoms with Gasteiger partial charge in [0.15, 0.2) is 11.6 Å². The molecule has 0 amide bonds. The van der Waals surface area contributed by atoms with Gasteiger partial charge in [-0.1, -0.05) is 29.3 Å². The third-order valence-electron chi connectivity index (χ3n) is 3.36. The van der Waals surface area contributed by atoms with Crippen molar-refractivity contribution in [1.29, 1.82) is 0 Å². The number of halogens is 1. The topological polar surface area (TPSA) is 21.3 Å². The second-order valence-corrected chi connectivity index (χ2v) is 5.37. The summed E-state index contributed by atoms with van der Waals surface area (Å²) in [5.74, 6) is -0.0448. The Kier molecular flexibility index (Phi) is 4.84. The molecule has 0 saturated heterocycles. The van der Waals surface area contributed by atoms with E-state index in [1.54, 1.807) is 6.07 Å². The minimum absolute atomic E-state index is 0.112. The van der Waals surface area contributed by atoms with Crippen molar-refractivity contribution in [1.82, 2.24) is 0 Å². The molecule has 0 heterocycles. The van der Waals surface area contributed by atoms with Gasteiger partial charge in [-0.3, -0.25) is 0 Å². The fraction of sp³-hybridized carbons (Fsp3) is 0.333. The Labute approximate surface area is 126 Å². The summed E-state index contributed by atoms with van der Waals surface area (Å²) in [4.78, 5) is 0. The summed E-state index contributed by atoms with van der Waals surface area (Å²) < 4.78 is 19.1. The quantitative estimate of drug-likeness (QED) is 0.834. The van der Waals surface area contributed by atoms with Gasteiger partial charge < -0.3 is 10.1 Å². The molecule has 0 aliphatic heterocycles. The van der Waals surface area contributed by atoms with E-state index in [1.165, 1.54) is 22.8 Å². The van der Waals surface area contributed by atoms with Crippen LogP contribution in [0.2, 0.25) is 0 Å². The van der Waals surface area contributed by atoms with Crippen molar-refractivity contribution in [2.75, 3.05) is 11.9 Å². The number of ether oxygens (including phenoxy) is 1. The molecule has 3 heteroatoms. The highest BCUT2D eigenvalue weighted by Crippen LogP contribution is 2.25. The molecule has 0 spiro atoms. The minimum Gasteiger partial charge on any atom is -0.491 e. The highest BCUT2D eigenvalue weighted by molar-refractivity contribution is 5.49. The van der Waals surface area contributed by atoms with E-state index in [0.717, 1.165) is 5.69 Å². The molecule has 0 fully saturated rings. The summed E-state index contributed by atoms with van der Waals surface area (Å²) >= 11 is 0. The average molecular weight is 287 g/mol. The van der Waals surface area contributed by atoms with Crippen LogP contribution in [0.4, 0.5) is 10.1 Å². The van der Waals surface area contributed by atoms with Crippen LogP contribution in [-0.4, -0.2) is 6.61 Å². The van der Waals surface area contributed by atoms with E-state index in [-0.39, 0.29) is 11.9 Å². The van der Waals surface area contributed by atoms with Crippen LogP contribution in [0.5, 0.6) is 5.75 Å². The van der Waals surface area contributed by atoms with Gasteiger partial charge in [0.05, 0.1) is 6.61 Å². The van der Waals surface area contributed by atoms with Gasteiger partial charge in [-0.05, 0) is 45.4 Å². The summed E-state index contributed by atoms with van der Waals surface area (Å²) in [6.07, 6.45) is 0. The summed E-state index contributed by atoms with van der Waals surface area (Å²) in [7, 11) is 0. The highest BCUT2D eigenvalue weighted by atomic mass is 19.1. The van der Waals surface area contributed by atoms with Gasteiger partial charge in [0, 0.05) is 17.8 Å². The Balaban J connectivity index is 2.15. The first-order valence-electron chi connectivity index (χ1n) is 7.26. The Hall–Kier alpha value is -2.03. The molecule has 1 atom stereocenters. The third kappa shape index (κ3) is 3.97. The number of rotatable bonds is 5. The third-order valence-corrected chi connectivity index (χ3v) is 3.36. The van der Waals surface area contributed by atoms with Crippen molar-refractivity contribution in [3.8, 4) is 5.75 Å². The smallest absolute Gasteiger partial charge is 0.167 e. The Bertz CT molecular complexity index is 604. The first kappa shape index (κ1) is 15.4. The standard InChI is InChI=1S/C18H22FNO/c1-5-21-18-7-6-16(11-17(18)19)20-14(4)15-9-12(2)8-13(3)10-15/h6-11,14,20H,5H2,1-4H3. The van der Waals surface area contributed by atoms with Crippen LogP contribution in [0.1, 0.15) is 36.6 Å². The lowest BCUT2D eigenvalue weighted by atomic mass is 10.0. The first-order valence-corrected chi connectivity index (χ1v) is 7.26. The van der Waals surface area contributed by atoms with Crippen LogP contribution in [0.25, 0.3) is 0 Å². The van der Waals surface area contributed by atoms with Crippen LogP contribution in [0.3, 0.4) is 0 Å². The maximum atomic E-state index is 13.9. The van der Waals surface area contributed by atoms with E-state index in [4.69, 9.17) is 4.74 Å². The fourth-order valence-electron chi connectivity index (χ4n) is 2.46. The number of aryl methyl sites for hydroxylation is 2. The van der Waals surface area contributed by atoms with E-state index in [2.05, 4.69) is 44.3 Å². The maximum Gasteiger partial charge on any atom is 0.167 e. The molecule has 0 aromatic heterocycles. The second-order valence-electron chi connectivity index (χ2n) is 5.37. The van der Waals surface area contributed by atoms with Gasteiger partial charge in [-0.2, -0.15) is 0 Å². The Morgan fingerprint density at radius 1 is 1.10 bits per heavy atom. The number of hydrogen-bond donors (Lipinski definition) is 1. The summed E-state index contributed by atoms with van der Waals surface area (Å²) in [6, 6.07) is 11.5. The monoisotopic (exact) mass is 287 g/mol. The van der Waals surface area contributed by atoms with Crippen LogP contribution >= 0.6 is 0 Å². The normalized spacial score (nSPS) is 12.0. The Morgan fingerprint density at radius 2 is 1.76 bits per heavy atom. The minimum atomic E-state index is -0.338. The number of hydrogen-bond acceptors (Lipinski definition) is 2. The molecule has 0 bridgehead atoms. The first-order chi connectivity index (χ1) is 9.99. The van der Waals surface area contributed by atoms with Crippen molar-refractivity contribution >= 4 is 5.69 Å². The molecular formula is C18H22FNO. The number of anilines is 1. The zero-order chi connectivity index (χ0) is 15.4. The molecule has 0 aliphatic rings. The van der Waals surface area contributed by atoms with Crippen molar-refractivity contribution in [2.45, 2.75) is 33.7 Å². The second kappa shape index (κ2) is 6.61. The molecule has 0 saturated carbocycles. The molecule has 112 valence electrons. The molecule has 0 aliphatic carbocycles. The molecule has 21 heavy (non-hydrogen) atoms. The van der Waals surface area contributed by atoms with Crippen molar-refractivity contribution in [3.63, 3.8) is 0 Å². The fourth-order valence-corrected chi connectivity index (χ4v) is 2.46. The largest absolute Gasteiger partial charge is 0.491 e. The molecule has 2 aromatic carbocycles. The average Bonchev–Trinajstić information content (AvgIpc) is 2.41. The zero-order valence-electron chi connectivity index (χ0n) is 13.0. The van der Waals surface area contributed by atoms with Gasteiger partial charge in [-0.25, -0.2) is 4.39 Å². The Morgan fingerprint density at radius 3 is 2.33 bits per heavy atom. The van der Waals surface area contributed by atoms with Gasteiger partial charge in [0.2, 0.25) is 0 Å². The molecule has 2 aromatic rings. The predicted molar refractivity (Wildman–Crippen MR) is 85.5 cm³/mol. The lowest BCUT2D eigenvalue weighted by molar-refractivity contribution is 0.321. The van der Waals surface area contributed by atoms with Crippen LogP contribution in [-0.2, 0) is 0 Å². The van der Waals surface area contributed by atoms with E-state index in [9.17, 15) is 4.39 Å². The molecular weight excluding hydrogens is 265 g/mol. The molecule has 1 N–H and O–H groups in total. The van der Waals surface area contributed by atoms with Gasteiger partial charge in [0.25, 0.3) is 0 Å². The van der Waals surface area contributed by atoms with Gasteiger partial charge >= 0.3 is 0 Å². The van der Waals surface area contributed by atoms with E-state index < -0.39 is 0 Å². The number of benzene rings is 2. The lowest BCUT2D eigenvalue weighted by Crippen LogP contribution is -2.07. The van der Waals surface area contributed by atoms with Crippen molar-refractivity contribution in [3.05, 3.63) is 58.9 Å². The van der Waals surface area contributed by atoms with Crippen molar-refractivity contribution in [2.24, 2.45) is 0 Å². The van der Waals surface area contributed by atoms with Crippen molar-refractivity contribution < 1.29 is 9.13 Å². The summed E-state index contributed by atoms with van der Waals surface area (Å²) in [5, 5.41) is 3.33. The highest BCUT2D eigenvalue weighted by Gasteiger charge is 2.09. The van der Waals surface area contributed by atoms with E-state index in [0.29, 0.717) is 12.4 Å². The summed E-state index contributed by atoms with van der Waals surface area (Å²) in [6.45, 7) is 8.54. The SMILES string of the molecule is CCOc1ccc(NC(C)c2cc(C)cc(C)c2)cc1F. The molecule has 2 nitrogen and oxygen atoms in total. The van der Waals surface area contributed by atoms with Gasteiger partial charge in [0.1, 0.15) is 0 Å². The van der Waals surface area contributed by atoms with Crippen LogP contribution in [0.15, 0.2) is 36.4 Å². The zero-order valence-corrected chi connectivity index (χ0v) is 13.0. The van der Waals surface area contributed by atoms with E-state index >= 15 is 0 Å². The molecule has 0 radical (unpaired) electrons. The lowest BCUT2D eigenvalue weighted by Gasteiger charge is -2.17.